The number of rotatable bonds is 3. The van der Waals surface area contributed by atoms with Gasteiger partial charge in [0, 0.05) is 30.9 Å². The number of nitriles is 1. The second-order valence-corrected chi connectivity index (χ2v) is 4.65. The lowest BCUT2D eigenvalue weighted by atomic mass is 10.0. The number of nitrogens with two attached hydrogens (primary N) is 1. The van der Waals surface area contributed by atoms with Crippen molar-refractivity contribution >= 4 is 11.4 Å². The molecule has 6 heteroatoms. The summed E-state index contributed by atoms with van der Waals surface area (Å²) >= 11 is 0. The number of hydrogen-bond donors (Lipinski definition) is 1. The zero-order valence-electron chi connectivity index (χ0n) is 10.6. The largest absolute Gasteiger partial charge is 0.367 e. The average molecular weight is 260 g/mol. The van der Waals surface area contributed by atoms with Crippen molar-refractivity contribution in [1.29, 1.82) is 5.26 Å². The van der Waals surface area contributed by atoms with E-state index in [0.29, 0.717) is 6.54 Å². The molecule has 1 aromatic rings. The van der Waals surface area contributed by atoms with Gasteiger partial charge < -0.3 is 10.6 Å². The summed E-state index contributed by atoms with van der Waals surface area (Å²) in [5.41, 5.74) is 6.49. The maximum atomic E-state index is 11.0. The molecule has 1 unspecified atom stereocenters. The van der Waals surface area contributed by atoms with Crippen molar-refractivity contribution in [2.24, 2.45) is 5.73 Å². The molecule has 19 heavy (non-hydrogen) atoms. The van der Waals surface area contributed by atoms with E-state index in [1.54, 1.807) is 6.07 Å². The quantitative estimate of drug-likeness (QED) is 0.660. The first-order valence-electron chi connectivity index (χ1n) is 6.32. The van der Waals surface area contributed by atoms with Gasteiger partial charge in [-0.15, -0.1) is 0 Å². The van der Waals surface area contributed by atoms with E-state index < -0.39 is 4.92 Å². The second-order valence-electron chi connectivity index (χ2n) is 4.65. The lowest BCUT2D eigenvalue weighted by molar-refractivity contribution is -0.385. The predicted molar refractivity (Wildman–Crippen MR) is 71.9 cm³/mol. The fraction of sp³-hybridized carbons (Fsp3) is 0.462. The fourth-order valence-corrected chi connectivity index (χ4v) is 2.53. The summed E-state index contributed by atoms with van der Waals surface area (Å²) in [6.07, 6.45) is 3.20. The van der Waals surface area contributed by atoms with Gasteiger partial charge in [0.15, 0.2) is 0 Å². The van der Waals surface area contributed by atoms with E-state index in [1.807, 2.05) is 6.07 Å². The van der Waals surface area contributed by atoms with Crippen LogP contribution in [-0.4, -0.2) is 24.1 Å². The van der Waals surface area contributed by atoms with Crippen molar-refractivity contribution in [3.8, 4) is 6.07 Å². The van der Waals surface area contributed by atoms with E-state index in [1.165, 1.54) is 12.1 Å². The van der Waals surface area contributed by atoms with Gasteiger partial charge in [-0.05, 0) is 31.4 Å². The number of nitro benzene ring substituents is 1. The highest BCUT2D eigenvalue weighted by Crippen LogP contribution is 2.29. The molecule has 0 aromatic heterocycles. The molecule has 1 atom stereocenters. The third-order valence-corrected chi connectivity index (χ3v) is 3.53. The van der Waals surface area contributed by atoms with Crippen LogP contribution in [0, 0.1) is 21.4 Å². The highest BCUT2D eigenvalue weighted by molar-refractivity contribution is 5.60. The monoisotopic (exact) mass is 260 g/mol. The Morgan fingerprint density at radius 3 is 2.95 bits per heavy atom. The topological polar surface area (TPSA) is 96.2 Å². The number of piperidine rings is 1. The van der Waals surface area contributed by atoms with Crippen LogP contribution in [0.4, 0.5) is 11.4 Å². The molecule has 2 rings (SSSR count). The van der Waals surface area contributed by atoms with Gasteiger partial charge in [-0.3, -0.25) is 10.1 Å². The van der Waals surface area contributed by atoms with Gasteiger partial charge in [0.2, 0.25) is 0 Å². The molecule has 1 fully saturated rings. The van der Waals surface area contributed by atoms with Crippen LogP contribution in [-0.2, 0) is 0 Å². The summed E-state index contributed by atoms with van der Waals surface area (Å²) in [5, 5.41) is 19.9. The zero-order chi connectivity index (χ0) is 13.8. The van der Waals surface area contributed by atoms with Gasteiger partial charge in [-0.2, -0.15) is 5.26 Å². The Bertz CT molecular complexity index is 524. The number of nitro groups is 1. The normalized spacial score (nSPS) is 18.9. The SMILES string of the molecule is N#Cc1ccc(N2CCCCC2CN)cc1[N+](=O)[O-]. The molecule has 6 nitrogen and oxygen atoms in total. The Morgan fingerprint density at radius 2 is 2.32 bits per heavy atom. The molecule has 1 saturated heterocycles. The van der Waals surface area contributed by atoms with Gasteiger partial charge >= 0.3 is 0 Å². The van der Waals surface area contributed by atoms with E-state index in [2.05, 4.69) is 4.90 Å². The zero-order valence-corrected chi connectivity index (χ0v) is 10.6. The first-order chi connectivity index (χ1) is 9.17. The van der Waals surface area contributed by atoms with E-state index in [4.69, 9.17) is 11.0 Å². The Morgan fingerprint density at radius 1 is 1.53 bits per heavy atom. The van der Waals surface area contributed by atoms with Gasteiger partial charge in [-0.25, -0.2) is 0 Å². The number of benzene rings is 1. The Hall–Kier alpha value is -2.13. The molecule has 0 bridgehead atoms. The molecule has 0 saturated carbocycles. The molecular formula is C13H16N4O2. The van der Waals surface area contributed by atoms with Crippen LogP contribution in [0.3, 0.4) is 0 Å². The van der Waals surface area contributed by atoms with Gasteiger partial charge in [0.05, 0.1) is 4.92 Å². The van der Waals surface area contributed by atoms with Crippen LogP contribution in [0.15, 0.2) is 18.2 Å². The van der Waals surface area contributed by atoms with Crippen molar-refractivity contribution < 1.29 is 4.92 Å². The molecule has 0 aliphatic carbocycles. The van der Waals surface area contributed by atoms with E-state index >= 15 is 0 Å². The average Bonchev–Trinajstić information content (AvgIpc) is 2.46. The van der Waals surface area contributed by atoms with Gasteiger partial charge in [0.25, 0.3) is 5.69 Å². The van der Waals surface area contributed by atoms with Crippen LogP contribution in [0.1, 0.15) is 24.8 Å². The highest BCUT2D eigenvalue weighted by atomic mass is 16.6. The maximum Gasteiger partial charge on any atom is 0.289 e. The molecule has 0 amide bonds. The standard InChI is InChI=1S/C13H16N4O2/c14-8-10-4-5-11(7-13(10)17(18)19)16-6-2-1-3-12(16)9-15/h4-5,7,12H,1-3,6,9,15H2. The van der Waals surface area contributed by atoms with Crippen LogP contribution < -0.4 is 10.6 Å². The van der Waals surface area contributed by atoms with E-state index in [-0.39, 0.29) is 17.3 Å². The highest BCUT2D eigenvalue weighted by Gasteiger charge is 2.24. The van der Waals surface area contributed by atoms with Crippen LogP contribution >= 0.6 is 0 Å². The molecule has 2 N–H and O–H groups in total. The molecule has 1 aliphatic rings. The fourth-order valence-electron chi connectivity index (χ4n) is 2.53. The minimum Gasteiger partial charge on any atom is -0.367 e. The van der Waals surface area contributed by atoms with Crippen molar-refractivity contribution in [3.63, 3.8) is 0 Å². The van der Waals surface area contributed by atoms with Crippen molar-refractivity contribution in [1.82, 2.24) is 0 Å². The smallest absolute Gasteiger partial charge is 0.289 e. The number of hydrogen-bond acceptors (Lipinski definition) is 5. The molecule has 1 heterocycles. The van der Waals surface area contributed by atoms with Crippen molar-refractivity contribution in [2.45, 2.75) is 25.3 Å². The third-order valence-electron chi connectivity index (χ3n) is 3.53. The molecular weight excluding hydrogens is 244 g/mol. The maximum absolute atomic E-state index is 11.0. The van der Waals surface area contributed by atoms with E-state index in [0.717, 1.165) is 31.5 Å². The summed E-state index contributed by atoms with van der Waals surface area (Å²) in [6, 6.07) is 6.82. The Balaban J connectivity index is 2.37. The van der Waals surface area contributed by atoms with Gasteiger partial charge in [0.1, 0.15) is 11.6 Å². The van der Waals surface area contributed by atoms with Crippen LogP contribution in [0.25, 0.3) is 0 Å². The number of nitrogens with zero attached hydrogens (tertiary/aromatic N) is 3. The first kappa shape index (κ1) is 13.3. The van der Waals surface area contributed by atoms with Crippen LogP contribution in [0.2, 0.25) is 0 Å². The molecule has 0 spiro atoms. The summed E-state index contributed by atoms with van der Waals surface area (Å²) in [5.74, 6) is 0. The molecule has 1 aromatic carbocycles. The predicted octanol–water partition coefficient (Wildman–Crippen LogP) is 1.78. The minimum atomic E-state index is -0.510. The first-order valence-corrected chi connectivity index (χ1v) is 6.32. The molecule has 100 valence electrons. The summed E-state index contributed by atoms with van der Waals surface area (Å²) < 4.78 is 0. The summed E-state index contributed by atoms with van der Waals surface area (Å²) in [4.78, 5) is 12.6. The summed E-state index contributed by atoms with van der Waals surface area (Å²) in [7, 11) is 0. The molecule has 1 aliphatic heterocycles. The van der Waals surface area contributed by atoms with Crippen LogP contribution in [0.5, 0.6) is 0 Å². The Kier molecular flexibility index (Phi) is 3.97. The minimum absolute atomic E-state index is 0.0926. The summed E-state index contributed by atoms with van der Waals surface area (Å²) in [6.45, 7) is 1.39. The third kappa shape index (κ3) is 2.66. The Labute approximate surface area is 111 Å². The second kappa shape index (κ2) is 5.67. The molecule has 0 radical (unpaired) electrons. The lowest BCUT2D eigenvalue weighted by Crippen LogP contribution is -2.44. The van der Waals surface area contributed by atoms with Crippen molar-refractivity contribution in [3.05, 3.63) is 33.9 Å². The lowest BCUT2D eigenvalue weighted by Gasteiger charge is -2.36. The number of anilines is 1. The van der Waals surface area contributed by atoms with Crippen molar-refractivity contribution in [2.75, 3.05) is 18.0 Å². The van der Waals surface area contributed by atoms with Gasteiger partial charge in [-0.1, -0.05) is 0 Å². The van der Waals surface area contributed by atoms with E-state index in [9.17, 15) is 10.1 Å².